The van der Waals surface area contributed by atoms with Crippen LogP contribution in [0.4, 0.5) is 0 Å². The first-order valence-corrected chi connectivity index (χ1v) is 6.69. The maximum Gasteiger partial charge on any atom is 0.167 e. The molecule has 0 saturated heterocycles. The van der Waals surface area contributed by atoms with E-state index in [4.69, 9.17) is 0 Å². The lowest BCUT2D eigenvalue weighted by Crippen LogP contribution is -1.95. The Morgan fingerprint density at radius 3 is 2.24 bits per heavy atom. The number of aryl methyl sites for hydroxylation is 2. The van der Waals surface area contributed by atoms with Gasteiger partial charge in [0, 0.05) is 5.56 Å². The van der Waals surface area contributed by atoms with Crippen molar-refractivity contribution in [1.29, 1.82) is 0 Å². The molecule has 0 aliphatic heterocycles. The molecule has 4 heteroatoms. The van der Waals surface area contributed by atoms with Gasteiger partial charge >= 0.3 is 0 Å². The molecule has 21 heavy (non-hydrogen) atoms. The Balaban J connectivity index is 2.08. The van der Waals surface area contributed by atoms with Crippen molar-refractivity contribution in [2.24, 2.45) is 0 Å². The van der Waals surface area contributed by atoms with E-state index in [1.165, 1.54) is 11.9 Å². The summed E-state index contributed by atoms with van der Waals surface area (Å²) in [4.78, 5) is 12.8. The maximum atomic E-state index is 9.99. The van der Waals surface area contributed by atoms with Crippen LogP contribution in [0.3, 0.4) is 0 Å². The van der Waals surface area contributed by atoms with Crippen molar-refractivity contribution < 1.29 is 5.11 Å². The van der Waals surface area contributed by atoms with Crippen molar-refractivity contribution in [2.45, 2.75) is 13.8 Å². The number of phenolic OH excluding ortho intramolecular Hbond substituents is 1. The highest BCUT2D eigenvalue weighted by Crippen LogP contribution is 2.28. The Bertz CT molecular complexity index is 782. The van der Waals surface area contributed by atoms with E-state index in [0.29, 0.717) is 17.2 Å². The summed E-state index contributed by atoms with van der Waals surface area (Å²) in [6, 6.07) is 13.4. The van der Waals surface area contributed by atoms with Crippen LogP contribution in [-0.4, -0.2) is 20.1 Å². The number of rotatable bonds is 2. The van der Waals surface area contributed by atoms with Crippen LogP contribution in [0.5, 0.6) is 5.75 Å². The average molecular weight is 277 g/mol. The second kappa shape index (κ2) is 5.32. The van der Waals surface area contributed by atoms with Crippen LogP contribution >= 0.6 is 0 Å². The highest BCUT2D eigenvalue weighted by Gasteiger charge is 2.10. The number of benzene rings is 2. The van der Waals surface area contributed by atoms with Gasteiger partial charge in [-0.3, -0.25) is 0 Å². The van der Waals surface area contributed by atoms with Gasteiger partial charge in [0.1, 0.15) is 12.1 Å². The van der Waals surface area contributed by atoms with Gasteiger partial charge in [-0.1, -0.05) is 41.5 Å². The predicted octanol–water partition coefficient (Wildman–Crippen LogP) is 3.53. The van der Waals surface area contributed by atoms with E-state index < -0.39 is 0 Å². The molecule has 0 saturated carbocycles. The van der Waals surface area contributed by atoms with Gasteiger partial charge in [-0.25, -0.2) is 15.0 Å². The van der Waals surface area contributed by atoms with Crippen LogP contribution in [0.2, 0.25) is 0 Å². The third-order valence-corrected chi connectivity index (χ3v) is 3.27. The van der Waals surface area contributed by atoms with Crippen molar-refractivity contribution in [3.63, 3.8) is 0 Å². The summed E-state index contributed by atoms with van der Waals surface area (Å²) in [5.74, 6) is 1.24. The zero-order valence-corrected chi connectivity index (χ0v) is 11.9. The standard InChI is InChI=1S/C17H15N3O/c1-11-3-6-13(7-4-11)16-18-10-19-17(20-16)14-9-12(2)5-8-15(14)21/h3-10,21H,1-2H3. The van der Waals surface area contributed by atoms with E-state index in [1.807, 2.05) is 50.2 Å². The van der Waals surface area contributed by atoms with E-state index in [-0.39, 0.29) is 5.75 Å². The van der Waals surface area contributed by atoms with E-state index in [2.05, 4.69) is 15.0 Å². The summed E-state index contributed by atoms with van der Waals surface area (Å²) in [6.07, 6.45) is 1.47. The van der Waals surface area contributed by atoms with Crippen molar-refractivity contribution in [3.8, 4) is 28.5 Å². The minimum atomic E-state index is 0.168. The molecule has 0 amide bonds. The lowest BCUT2D eigenvalue weighted by Gasteiger charge is -2.06. The van der Waals surface area contributed by atoms with Crippen LogP contribution < -0.4 is 0 Å². The fourth-order valence-electron chi connectivity index (χ4n) is 2.10. The molecule has 0 radical (unpaired) electrons. The van der Waals surface area contributed by atoms with Crippen LogP contribution in [0.1, 0.15) is 11.1 Å². The molecule has 1 aromatic heterocycles. The molecule has 0 aliphatic rings. The molecule has 2 aromatic carbocycles. The molecule has 0 fully saturated rings. The zero-order valence-electron chi connectivity index (χ0n) is 11.9. The summed E-state index contributed by atoms with van der Waals surface area (Å²) in [6.45, 7) is 4.00. The minimum Gasteiger partial charge on any atom is -0.507 e. The first kappa shape index (κ1) is 13.2. The van der Waals surface area contributed by atoms with Gasteiger partial charge in [0.2, 0.25) is 0 Å². The molecular formula is C17H15N3O. The number of aromatic nitrogens is 3. The SMILES string of the molecule is Cc1ccc(-c2ncnc(-c3cc(C)ccc3O)n2)cc1. The van der Waals surface area contributed by atoms with Crippen LogP contribution in [0.15, 0.2) is 48.8 Å². The fourth-order valence-corrected chi connectivity index (χ4v) is 2.10. The molecule has 0 atom stereocenters. The van der Waals surface area contributed by atoms with E-state index >= 15 is 0 Å². The van der Waals surface area contributed by atoms with E-state index in [0.717, 1.165) is 11.1 Å². The van der Waals surface area contributed by atoms with Crippen LogP contribution in [0.25, 0.3) is 22.8 Å². The van der Waals surface area contributed by atoms with Gasteiger partial charge in [-0.15, -0.1) is 0 Å². The zero-order chi connectivity index (χ0) is 14.8. The molecule has 3 rings (SSSR count). The van der Waals surface area contributed by atoms with E-state index in [9.17, 15) is 5.11 Å². The fraction of sp³-hybridized carbons (Fsp3) is 0.118. The molecule has 0 bridgehead atoms. The minimum absolute atomic E-state index is 0.168. The Hall–Kier alpha value is -2.75. The molecule has 0 unspecified atom stereocenters. The van der Waals surface area contributed by atoms with Crippen LogP contribution in [-0.2, 0) is 0 Å². The number of nitrogens with zero attached hydrogens (tertiary/aromatic N) is 3. The molecule has 1 N–H and O–H groups in total. The van der Waals surface area contributed by atoms with Crippen molar-refractivity contribution in [3.05, 3.63) is 59.9 Å². The molecule has 0 spiro atoms. The van der Waals surface area contributed by atoms with Gasteiger partial charge in [0.05, 0.1) is 5.56 Å². The van der Waals surface area contributed by atoms with Crippen molar-refractivity contribution in [1.82, 2.24) is 15.0 Å². The quantitative estimate of drug-likeness (QED) is 0.778. The van der Waals surface area contributed by atoms with Gasteiger partial charge in [-0.2, -0.15) is 0 Å². The lowest BCUT2D eigenvalue weighted by molar-refractivity contribution is 0.476. The van der Waals surface area contributed by atoms with E-state index in [1.54, 1.807) is 6.07 Å². The third-order valence-electron chi connectivity index (χ3n) is 3.27. The summed E-state index contributed by atoms with van der Waals surface area (Å²) < 4.78 is 0. The third kappa shape index (κ3) is 2.74. The molecule has 104 valence electrons. The van der Waals surface area contributed by atoms with Gasteiger partial charge < -0.3 is 5.11 Å². The van der Waals surface area contributed by atoms with Gasteiger partial charge in [-0.05, 0) is 26.0 Å². The Morgan fingerprint density at radius 2 is 1.48 bits per heavy atom. The smallest absolute Gasteiger partial charge is 0.167 e. The summed E-state index contributed by atoms with van der Waals surface area (Å²) in [5, 5.41) is 9.99. The molecular weight excluding hydrogens is 262 g/mol. The predicted molar refractivity (Wildman–Crippen MR) is 81.8 cm³/mol. The Labute approximate surface area is 123 Å². The second-order valence-corrected chi connectivity index (χ2v) is 5.02. The van der Waals surface area contributed by atoms with Gasteiger partial charge in [0.15, 0.2) is 11.6 Å². The molecule has 0 aliphatic carbocycles. The Kier molecular flexibility index (Phi) is 3.36. The van der Waals surface area contributed by atoms with Gasteiger partial charge in [0.25, 0.3) is 0 Å². The highest BCUT2D eigenvalue weighted by atomic mass is 16.3. The number of hydrogen-bond acceptors (Lipinski definition) is 4. The Morgan fingerprint density at radius 1 is 0.810 bits per heavy atom. The average Bonchev–Trinajstić information content (AvgIpc) is 2.50. The molecule has 4 nitrogen and oxygen atoms in total. The number of phenols is 1. The summed E-state index contributed by atoms with van der Waals surface area (Å²) in [7, 11) is 0. The monoisotopic (exact) mass is 277 g/mol. The largest absolute Gasteiger partial charge is 0.507 e. The first-order valence-electron chi connectivity index (χ1n) is 6.69. The highest BCUT2D eigenvalue weighted by molar-refractivity contribution is 5.66. The maximum absolute atomic E-state index is 9.99. The van der Waals surface area contributed by atoms with Crippen molar-refractivity contribution >= 4 is 0 Å². The first-order chi connectivity index (χ1) is 10.1. The summed E-state index contributed by atoms with van der Waals surface area (Å²) in [5.41, 5.74) is 3.77. The second-order valence-electron chi connectivity index (χ2n) is 5.02. The lowest BCUT2D eigenvalue weighted by atomic mass is 10.1. The normalized spacial score (nSPS) is 10.6. The number of hydrogen-bond donors (Lipinski definition) is 1. The molecule has 3 aromatic rings. The topological polar surface area (TPSA) is 58.9 Å². The van der Waals surface area contributed by atoms with Crippen LogP contribution in [0, 0.1) is 13.8 Å². The number of aromatic hydroxyl groups is 1. The van der Waals surface area contributed by atoms with Crippen molar-refractivity contribution in [2.75, 3.05) is 0 Å². The summed E-state index contributed by atoms with van der Waals surface area (Å²) >= 11 is 0. The molecule has 1 heterocycles.